The van der Waals surface area contributed by atoms with Gasteiger partial charge >= 0.3 is 6.18 Å². The standard InChI is InChI=1S/C17H23F3N2O/c1-12(13-3-5-14(6-4-13)17(18,19)20)11-16(23)22(2)15-7-9-21-10-8-15/h3-6,12,15,21H,7-11H2,1-2H3. The van der Waals surface area contributed by atoms with Crippen molar-refractivity contribution in [2.45, 2.75) is 44.3 Å². The van der Waals surface area contributed by atoms with Crippen LogP contribution < -0.4 is 5.32 Å². The zero-order valence-electron chi connectivity index (χ0n) is 13.5. The quantitative estimate of drug-likeness (QED) is 0.919. The lowest BCUT2D eigenvalue weighted by Crippen LogP contribution is -2.44. The highest BCUT2D eigenvalue weighted by molar-refractivity contribution is 5.77. The average molecular weight is 328 g/mol. The van der Waals surface area contributed by atoms with E-state index in [-0.39, 0.29) is 17.9 Å². The van der Waals surface area contributed by atoms with Crippen molar-refractivity contribution in [1.29, 1.82) is 0 Å². The van der Waals surface area contributed by atoms with Gasteiger partial charge in [0.25, 0.3) is 0 Å². The van der Waals surface area contributed by atoms with Crippen molar-refractivity contribution in [2.75, 3.05) is 20.1 Å². The molecule has 0 radical (unpaired) electrons. The fourth-order valence-corrected chi connectivity index (χ4v) is 2.92. The van der Waals surface area contributed by atoms with Gasteiger partial charge in [0.15, 0.2) is 0 Å². The number of piperidine rings is 1. The minimum Gasteiger partial charge on any atom is -0.343 e. The molecule has 1 saturated heterocycles. The van der Waals surface area contributed by atoms with Gasteiger partial charge < -0.3 is 10.2 Å². The highest BCUT2D eigenvalue weighted by atomic mass is 19.4. The second-order valence-corrected chi connectivity index (χ2v) is 6.21. The Morgan fingerprint density at radius 2 is 1.83 bits per heavy atom. The molecule has 23 heavy (non-hydrogen) atoms. The molecule has 1 unspecified atom stereocenters. The number of rotatable bonds is 4. The molecule has 0 bridgehead atoms. The van der Waals surface area contributed by atoms with Crippen LogP contribution in [0.15, 0.2) is 24.3 Å². The molecular weight excluding hydrogens is 305 g/mol. The number of amides is 1. The number of alkyl halides is 3. The van der Waals surface area contributed by atoms with Gasteiger partial charge in [-0.3, -0.25) is 4.79 Å². The molecule has 0 aliphatic carbocycles. The normalized spacial score (nSPS) is 17.8. The van der Waals surface area contributed by atoms with Crippen LogP contribution in [0.3, 0.4) is 0 Å². The minimum atomic E-state index is -4.33. The SMILES string of the molecule is CC(CC(=O)N(C)C1CCNCC1)c1ccc(C(F)(F)F)cc1. The molecule has 1 aliphatic rings. The molecule has 1 amide bonds. The molecule has 3 nitrogen and oxygen atoms in total. The fraction of sp³-hybridized carbons (Fsp3) is 0.588. The topological polar surface area (TPSA) is 32.3 Å². The summed E-state index contributed by atoms with van der Waals surface area (Å²) >= 11 is 0. The van der Waals surface area contributed by atoms with Gasteiger partial charge in [-0.15, -0.1) is 0 Å². The molecule has 1 fully saturated rings. The second-order valence-electron chi connectivity index (χ2n) is 6.21. The highest BCUT2D eigenvalue weighted by Gasteiger charge is 2.30. The molecular formula is C17H23F3N2O. The summed E-state index contributed by atoms with van der Waals surface area (Å²) in [5.41, 5.74) is 0.0941. The Balaban J connectivity index is 1.95. The molecule has 128 valence electrons. The van der Waals surface area contributed by atoms with Crippen LogP contribution in [0.5, 0.6) is 0 Å². The Hall–Kier alpha value is -1.56. The Kier molecular flexibility index (Phi) is 5.68. The van der Waals surface area contributed by atoms with E-state index in [4.69, 9.17) is 0 Å². The van der Waals surface area contributed by atoms with E-state index >= 15 is 0 Å². The van der Waals surface area contributed by atoms with E-state index in [0.29, 0.717) is 6.42 Å². The third kappa shape index (κ3) is 4.70. The number of hydrogen-bond donors (Lipinski definition) is 1. The summed E-state index contributed by atoms with van der Waals surface area (Å²) in [6.45, 7) is 3.70. The minimum absolute atomic E-state index is 0.0456. The predicted molar refractivity (Wildman–Crippen MR) is 83.1 cm³/mol. The summed E-state index contributed by atoms with van der Waals surface area (Å²) in [5, 5.41) is 3.26. The zero-order valence-corrected chi connectivity index (χ0v) is 13.5. The average Bonchev–Trinajstić information content (AvgIpc) is 2.54. The van der Waals surface area contributed by atoms with Gasteiger partial charge in [-0.1, -0.05) is 19.1 Å². The molecule has 0 saturated carbocycles. The highest BCUT2D eigenvalue weighted by Crippen LogP contribution is 2.30. The maximum atomic E-state index is 12.6. The molecule has 6 heteroatoms. The first-order valence-electron chi connectivity index (χ1n) is 7.92. The van der Waals surface area contributed by atoms with E-state index in [1.807, 2.05) is 14.0 Å². The summed E-state index contributed by atoms with van der Waals surface area (Å²) in [6.07, 6.45) is -2.13. The van der Waals surface area contributed by atoms with Crippen LogP contribution in [-0.2, 0) is 11.0 Å². The van der Waals surface area contributed by atoms with Gasteiger partial charge in [0.05, 0.1) is 5.56 Å². The first kappa shape index (κ1) is 17.8. The molecule has 1 N–H and O–H groups in total. The lowest BCUT2D eigenvalue weighted by Gasteiger charge is -2.32. The number of nitrogens with zero attached hydrogens (tertiary/aromatic N) is 1. The Morgan fingerprint density at radius 3 is 2.35 bits per heavy atom. The third-order valence-corrected chi connectivity index (χ3v) is 4.54. The number of nitrogens with one attached hydrogen (secondary N) is 1. The van der Waals surface area contributed by atoms with E-state index in [1.165, 1.54) is 12.1 Å². The van der Waals surface area contributed by atoms with Crippen LogP contribution in [0.4, 0.5) is 13.2 Å². The van der Waals surface area contributed by atoms with E-state index in [1.54, 1.807) is 4.90 Å². The van der Waals surface area contributed by atoms with Crippen LogP contribution in [0.2, 0.25) is 0 Å². The maximum absolute atomic E-state index is 12.6. The lowest BCUT2D eigenvalue weighted by atomic mass is 9.95. The van der Waals surface area contributed by atoms with E-state index < -0.39 is 11.7 Å². The summed E-state index contributed by atoms with van der Waals surface area (Å²) in [6, 6.07) is 5.33. The summed E-state index contributed by atoms with van der Waals surface area (Å²) in [5.74, 6) is -0.0572. The molecule has 1 aliphatic heterocycles. The Labute approximate surface area is 134 Å². The van der Waals surface area contributed by atoms with Crippen molar-refractivity contribution < 1.29 is 18.0 Å². The smallest absolute Gasteiger partial charge is 0.343 e. The number of carbonyl (C=O) groups is 1. The van der Waals surface area contributed by atoms with Crippen LogP contribution >= 0.6 is 0 Å². The summed E-state index contributed by atoms with van der Waals surface area (Å²) < 4.78 is 37.7. The number of hydrogen-bond acceptors (Lipinski definition) is 2. The fourth-order valence-electron chi connectivity index (χ4n) is 2.92. The Morgan fingerprint density at radius 1 is 1.26 bits per heavy atom. The molecule has 1 aromatic carbocycles. The van der Waals surface area contributed by atoms with Crippen LogP contribution in [0.25, 0.3) is 0 Å². The molecule has 1 heterocycles. The first-order valence-corrected chi connectivity index (χ1v) is 7.92. The third-order valence-electron chi connectivity index (χ3n) is 4.54. The van der Waals surface area contributed by atoms with Crippen LogP contribution in [-0.4, -0.2) is 37.0 Å². The molecule has 1 aromatic rings. The molecule has 2 rings (SSSR count). The van der Waals surface area contributed by atoms with E-state index in [2.05, 4.69) is 5.32 Å². The van der Waals surface area contributed by atoms with E-state index in [0.717, 1.165) is 43.6 Å². The van der Waals surface area contributed by atoms with E-state index in [9.17, 15) is 18.0 Å². The molecule has 0 spiro atoms. The summed E-state index contributed by atoms with van der Waals surface area (Å²) in [4.78, 5) is 14.2. The first-order chi connectivity index (χ1) is 10.8. The van der Waals surface area contributed by atoms with Crippen molar-refractivity contribution in [1.82, 2.24) is 10.2 Å². The Bertz CT molecular complexity index is 522. The largest absolute Gasteiger partial charge is 0.416 e. The monoisotopic (exact) mass is 328 g/mol. The van der Waals surface area contributed by atoms with Crippen molar-refractivity contribution in [3.05, 3.63) is 35.4 Å². The van der Waals surface area contributed by atoms with Gasteiger partial charge in [0.1, 0.15) is 0 Å². The van der Waals surface area contributed by atoms with Gasteiger partial charge in [-0.05, 0) is 49.5 Å². The van der Waals surface area contributed by atoms with Crippen molar-refractivity contribution in [3.8, 4) is 0 Å². The second kappa shape index (κ2) is 7.34. The summed E-state index contributed by atoms with van der Waals surface area (Å²) in [7, 11) is 1.82. The van der Waals surface area contributed by atoms with Gasteiger partial charge in [-0.25, -0.2) is 0 Å². The van der Waals surface area contributed by atoms with Crippen molar-refractivity contribution >= 4 is 5.91 Å². The molecule has 0 aromatic heterocycles. The van der Waals surface area contributed by atoms with Crippen molar-refractivity contribution in [3.63, 3.8) is 0 Å². The van der Waals surface area contributed by atoms with Gasteiger partial charge in [0, 0.05) is 19.5 Å². The maximum Gasteiger partial charge on any atom is 0.416 e. The van der Waals surface area contributed by atoms with Crippen LogP contribution in [0.1, 0.15) is 43.2 Å². The zero-order chi connectivity index (χ0) is 17.0. The van der Waals surface area contributed by atoms with Crippen LogP contribution in [0, 0.1) is 0 Å². The molecule has 1 atom stereocenters. The number of halogens is 3. The lowest BCUT2D eigenvalue weighted by molar-refractivity contribution is -0.137. The van der Waals surface area contributed by atoms with Gasteiger partial charge in [-0.2, -0.15) is 13.2 Å². The predicted octanol–water partition coefficient (Wildman–Crippen LogP) is 3.41. The van der Waals surface area contributed by atoms with Gasteiger partial charge in [0.2, 0.25) is 5.91 Å². The number of benzene rings is 1. The van der Waals surface area contributed by atoms with Crippen molar-refractivity contribution in [2.24, 2.45) is 0 Å². The number of carbonyl (C=O) groups excluding carboxylic acids is 1.